The third-order valence-electron chi connectivity index (χ3n) is 5.43. The number of likely N-dealkylation sites (tertiary alicyclic amines) is 1. The number of carbonyl (C=O) groups is 2. The van der Waals surface area contributed by atoms with Gasteiger partial charge in [-0.1, -0.05) is 12.1 Å². The number of benzene rings is 2. The molecule has 3 aromatic rings. The first kappa shape index (κ1) is 20.1. The van der Waals surface area contributed by atoms with Gasteiger partial charge >= 0.3 is 5.97 Å². The molecule has 1 aliphatic heterocycles. The molecule has 2 N–H and O–H groups in total. The number of H-pyrrole nitrogens is 1. The Kier molecular flexibility index (Phi) is 6.09. The summed E-state index contributed by atoms with van der Waals surface area (Å²) >= 11 is 0. The zero-order valence-electron chi connectivity index (χ0n) is 17.1. The molecule has 1 aliphatic rings. The number of rotatable bonds is 6. The molecule has 0 bridgehead atoms. The van der Waals surface area contributed by atoms with Crippen LogP contribution in [-0.2, 0) is 16.1 Å². The number of anilines is 1. The van der Waals surface area contributed by atoms with Crippen molar-refractivity contribution in [2.75, 3.05) is 25.0 Å². The van der Waals surface area contributed by atoms with Crippen molar-refractivity contribution in [3.8, 4) is 0 Å². The van der Waals surface area contributed by atoms with Crippen LogP contribution in [0.5, 0.6) is 0 Å². The van der Waals surface area contributed by atoms with E-state index in [9.17, 15) is 9.59 Å². The minimum absolute atomic E-state index is 0.0124. The molecule has 30 heavy (non-hydrogen) atoms. The van der Waals surface area contributed by atoms with Crippen molar-refractivity contribution < 1.29 is 14.3 Å². The molecule has 7 nitrogen and oxygen atoms in total. The molecule has 0 radical (unpaired) electrons. The third-order valence-corrected chi connectivity index (χ3v) is 5.43. The highest BCUT2D eigenvalue weighted by molar-refractivity contribution is 5.94. The van der Waals surface area contributed by atoms with Crippen molar-refractivity contribution in [2.45, 2.75) is 26.3 Å². The molecule has 2 aromatic carbocycles. The van der Waals surface area contributed by atoms with Gasteiger partial charge in [-0.2, -0.15) is 0 Å². The highest BCUT2D eigenvalue weighted by Gasteiger charge is 2.25. The van der Waals surface area contributed by atoms with E-state index >= 15 is 0 Å². The summed E-state index contributed by atoms with van der Waals surface area (Å²) in [5, 5.41) is 2.96. The lowest BCUT2D eigenvalue weighted by atomic mass is 9.95. The Bertz CT molecular complexity index is 987. The number of esters is 1. The first-order valence-electron chi connectivity index (χ1n) is 10.4. The molecule has 0 unspecified atom stereocenters. The van der Waals surface area contributed by atoms with E-state index in [1.807, 2.05) is 24.3 Å². The summed E-state index contributed by atoms with van der Waals surface area (Å²) in [7, 11) is 0. The van der Waals surface area contributed by atoms with Crippen LogP contribution in [0.2, 0.25) is 0 Å². The van der Waals surface area contributed by atoms with Gasteiger partial charge in [0.1, 0.15) is 5.82 Å². The number of fused-ring (bicyclic) bond motifs is 1. The maximum atomic E-state index is 12.6. The van der Waals surface area contributed by atoms with Gasteiger partial charge in [0.15, 0.2) is 0 Å². The SMILES string of the molecule is CCOC(=O)c1ccc(NC(=O)C2CCN(Cc3nc4ccccc4[nH]3)CC2)cc1. The number of nitrogens with zero attached hydrogens (tertiary/aromatic N) is 2. The van der Waals surface area contributed by atoms with Crippen LogP contribution in [0, 0.1) is 5.92 Å². The number of carbonyl (C=O) groups excluding carboxylic acids is 2. The number of ether oxygens (including phenoxy) is 1. The van der Waals surface area contributed by atoms with Crippen LogP contribution in [0.25, 0.3) is 11.0 Å². The number of para-hydroxylation sites is 2. The Balaban J connectivity index is 1.27. The fourth-order valence-electron chi connectivity index (χ4n) is 3.79. The van der Waals surface area contributed by atoms with Crippen molar-refractivity contribution >= 4 is 28.6 Å². The summed E-state index contributed by atoms with van der Waals surface area (Å²) in [5.41, 5.74) is 3.21. The molecule has 1 saturated heterocycles. The molecule has 2 heterocycles. The van der Waals surface area contributed by atoms with Crippen LogP contribution in [-0.4, -0.2) is 46.4 Å². The smallest absolute Gasteiger partial charge is 0.338 e. The lowest BCUT2D eigenvalue weighted by molar-refractivity contribution is -0.121. The Hall–Kier alpha value is -3.19. The van der Waals surface area contributed by atoms with Crippen LogP contribution in [0.3, 0.4) is 0 Å². The van der Waals surface area contributed by atoms with Crippen molar-refractivity contribution in [3.05, 3.63) is 59.9 Å². The topological polar surface area (TPSA) is 87.3 Å². The molecule has 1 fully saturated rings. The number of imidazole rings is 1. The lowest BCUT2D eigenvalue weighted by Crippen LogP contribution is -2.38. The molecule has 0 atom stereocenters. The highest BCUT2D eigenvalue weighted by Crippen LogP contribution is 2.21. The molecule has 1 aromatic heterocycles. The molecule has 0 aliphatic carbocycles. The van der Waals surface area contributed by atoms with E-state index < -0.39 is 0 Å². The first-order chi connectivity index (χ1) is 14.6. The third kappa shape index (κ3) is 4.68. The first-order valence-corrected chi connectivity index (χ1v) is 10.4. The second-order valence-corrected chi connectivity index (χ2v) is 7.54. The van der Waals surface area contributed by atoms with Crippen LogP contribution in [0.4, 0.5) is 5.69 Å². The zero-order valence-corrected chi connectivity index (χ0v) is 17.1. The maximum absolute atomic E-state index is 12.6. The Morgan fingerprint density at radius 3 is 2.57 bits per heavy atom. The molecule has 1 amide bonds. The molecule has 0 saturated carbocycles. The molecule has 0 spiro atoms. The van der Waals surface area contributed by atoms with Crippen molar-refractivity contribution in [1.29, 1.82) is 0 Å². The molecular weight excluding hydrogens is 380 g/mol. The van der Waals surface area contributed by atoms with Gasteiger partial charge in [0.05, 0.1) is 29.7 Å². The van der Waals surface area contributed by atoms with E-state index in [2.05, 4.69) is 20.2 Å². The number of aromatic nitrogens is 2. The molecule has 156 valence electrons. The Labute approximate surface area is 175 Å². The molecule has 4 rings (SSSR count). The van der Waals surface area contributed by atoms with Gasteiger partial charge < -0.3 is 15.0 Å². The quantitative estimate of drug-likeness (QED) is 0.611. The normalized spacial score (nSPS) is 15.2. The van der Waals surface area contributed by atoms with Crippen molar-refractivity contribution in [2.24, 2.45) is 5.92 Å². The number of nitrogens with one attached hydrogen (secondary N) is 2. The van der Waals surface area contributed by atoms with E-state index in [0.29, 0.717) is 17.9 Å². The maximum Gasteiger partial charge on any atom is 0.338 e. The average molecular weight is 406 g/mol. The van der Waals surface area contributed by atoms with Gasteiger partial charge in [-0.05, 0) is 69.3 Å². The predicted molar refractivity (Wildman–Crippen MR) is 115 cm³/mol. The van der Waals surface area contributed by atoms with Gasteiger partial charge in [-0.15, -0.1) is 0 Å². The van der Waals surface area contributed by atoms with Crippen LogP contribution < -0.4 is 5.32 Å². The van der Waals surface area contributed by atoms with E-state index in [-0.39, 0.29) is 17.8 Å². The van der Waals surface area contributed by atoms with Crippen LogP contribution in [0.1, 0.15) is 35.9 Å². The summed E-state index contributed by atoms with van der Waals surface area (Å²) < 4.78 is 4.98. The van der Waals surface area contributed by atoms with Gasteiger partial charge in [0, 0.05) is 11.6 Å². The van der Waals surface area contributed by atoms with E-state index in [0.717, 1.165) is 49.3 Å². The standard InChI is InChI=1S/C23H26N4O3/c1-2-30-23(29)17-7-9-18(10-8-17)24-22(28)16-11-13-27(14-12-16)15-21-25-19-5-3-4-6-20(19)26-21/h3-10,16H,2,11-15H2,1H3,(H,24,28)(H,25,26). The predicted octanol–water partition coefficient (Wildman–Crippen LogP) is 3.59. The van der Waals surface area contributed by atoms with E-state index in [1.165, 1.54) is 0 Å². The van der Waals surface area contributed by atoms with Gasteiger partial charge in [-0.3, -0.25) is 9.69 Å². The van der Waals surface area contributed by atoms with Crippen molar-refractivity contribution in [1.82, 2.24) is 14.9 Å². The van der Waals surface area contributed by atoms with E-state index in [4.69, 9.17) is 4.74 Å². The summed E-state index contributed by atoms with van der Waals surface area (Å²) in [4.78, 5) is 34.7. The minimum Gasteiger partial charge on any atom is -0.462 e. The molecular formula is C23H26N4O3. The van der Waals surface area contributed by atoms with Gasteiger partial charge in [-0.25, -0.2) is 9.78 Å². The van der Waals surface area contributed by atoms with Crippen molar-refractivity contribution in [3.63, 3.8) is 0 Å². The Morgan fingerprint density at radius 1 is 1.13 bits per heavy atom. The lowest BCUT2D eigenvalue weighted by Gasteiger charge is -2.30. The number of amides is 1. The fourth-order valence-corrected chi connectivity index (χ4v) is 3.79. The zero-order chi connectivity index (χ0) is 20.9. The summed E-state index contributed by atoms with van der Waals surface area (Å²) in [5.74, 6) is 0.622. The summed E-state index contributed by atoms with van der Waals surface area (Å²) in [6.07, 6.45) is 1.62. The largest absolute Gasteiger partial charge is 0.462 e. The van der Waals surface area contributed by atoms with Crippen LogP contribution in [0.15, 0.2) is 48.5 Å². The number of hydrogen-bond donors (Lipinski definition) is 2. The second kappa shape index (κ2) is 9.09. The minimum atomic E-state index is -0.354. The van der Waals surface area contributed by atoms with E-state index in [1.54, 1.807) is 31.2 Å². The van der Waals surface area contributed by atoms with Crippen LogP contribution >= 0.6 is 0 Å². The average Bonchev–Trinajstić information content (AvgIpc) is 3.17. The second-order valence-electron chi connectivity index (χ2n) is 7.54. The monoisotopic (exact) mass is 406 g/mol. The fraction of sp³-hybridized carbons (Fsp3) is 0.348. The number of piperidine rings is 1. The number of aromatic amines is 1. The van der Waals surface area contributed by atoms with Gasteiger partial charge in [0.25, 0.3) is 0 Å². The Morgan fingerprint density at radius 2 is 1.87 bits per heavy atom. The highest BCUT2D eigenvalue weighted by atomic mass is 16.5. The van der Waals surface area contributed by atoms with Gasteiger partial charge in [0.2, 0.25) is 5.91 Å². The summed E-state index contributed by atoms with van der Waals surface area (Å²) in [6.45, 7) is 4.59. The molecule has 7 heteroatoms. The summed E-state index contributed by atoms with van der Waals surface area (Å²) in [6, 6.07) is 14.8. The number of hydrogen-bond acceptors (Lipinski definition) is 5.